The van der Waals surface area contributed by atoms with E-state index in [1.807, 2.05) is 11.6 Å². The summed E-state index contributed by atoms with van der Waals surface area (Å²) in [6.07, 6.45) is -1.38. The maximum absolute atomic E-state index is 13.2. The third kappa shape index (κ3) is 3.71. The van der Waals surface area contributed by atoms with Gasteiger partial charge in [0.1, 0.15) is 17.1 Å². The molecule has 0 aromatic carbocycles. The average Bonchev–Trinajstić information content (AvgIpc) is 2.96. The molecule has 28 heavy (non-hydrogen) atoms. The van der Waals surface area contributed by atoms with Crippen molar-refractivity contribution in [2.24, 2.45) is 0 Å². The van der Waals surface area contributed by atoms with Gasteiger partial charge in [-0.15, -0.1) is 5.10 Å². The molecule has 1 atom stereocenters. The lowest BCUT2D eigenvalue weighted by molar-refractivity contribution is -0.137. The third-order valence-electron chi connectivity index (χ3n) is 4.78. The molecule has 1 fully saturated rings. The molecule has 152 valence electrons. The fourth-order valence-electron chi connectivity index (χ4n) is 3.35. The Morgan fingerprint density at radius 3 is 2.86 bits per heavy atom. The first-order valence-corrected chi connectivity index (χ1v) is 9.18. The number of aromatic nitrogens is 4. The second kappa shape index (κ2) is 7.46. The number of alkyl halides is 3. The molecule has 0 saturated carbocycles. The van der Waals surface area contributed by atoms with E-state index in [4.69, 9.17) is 9.47 Å². The Kier molecular flexibility index (Phi) is 5.00. The van der Waals surface area contributed by atoms with Gasteiger partial charge >= 0.3 is 6.18 Å². The van der Waals surface area contributed by atoms with E-state index in [9.17, 15) is 13.2 Å². The number of rotatable bonds is 1. The Morgan fingerprint density at radius 1 is 1.25 bits per heavy atom. The number of halogens is 3. The molecular formula is C17H21F3N6O2. The van der Waals surface area contributed by atoms with Crippen molar-refractivity contribution >= 4 is 17.5 Å². The van der Waals surface area contributed by atoms with E-state index in [0.29, 0.717) is 31.2 Å². The van der Waals surface area contributed by atoms with Crippen molar-refractivity contribution in [3.63, 3.8) is 0 Å². The first-order chi connectivity index (χ1) is 13.4. The van der Waals surface area contributed by atoms with Gasteiger partial charge in [0.15, 0.2) is 0 Å². The molecule has 2 aliphatic rings. The average molecular weight is 398 g/mol. The Bertz CT molecular complexity index is 848. The van der Waals surface area contributed by atoms with Crippen LogP contribution in [0.2, 0.25) is 0 Å². The highest BCUT2D eigenvalue weighted by molar-refractivity contribution is 5.64. The monoisotopic (exact) mass is 398 g/mol. The third-order valence-corrected chi connectivity index (χ3v) is 4.78. The minimum absolute atomic E-state index is 0.0461. The lowest BCUT2D eigenvalue weighted by Crippen LogP contribution is -2.23. The molecule has 2 aliphatic heterocycles. The highest BCUT2D eigenvalue weighted by Gasteiger charge is 2.35. The summed E-state index contributed by atoms with van der Waals surface area (Å²) in [7, 11) is 0. The zero-order chi connectivity index (χ0) is 19.7. The van der Waals surface area contributed by atoms with E-state index in [-0.39, 0.29) is 24.4 Å². The van der Waals surface area contributed by atoms with Gasteiger partial charge < -0.3 is 20.1 Å². The summed E-state index contributed by atoms with van der Waals surface area (Å²) in [5.74, 6) is 0.180. The number of fused-ring (bicyclic) bond motifs is 3. The number of hydrogen-bond donors (Lipinski definition) is 2. The van der Waals surface area contributed by atoms with Crippen LogP contribution >= 0.6 is 0 Å². The van der Waals surface area contributed by atoms with Gasteiger partial charge in [-0.3, -0.25) is 4.68 Å². The molecule has 0 amide bonds. The maximum atomic E-state index is 13.2. The number of anilines is 3. The first kappa shape index (κ1) is 18.8. The molecule has 8 nitrogen and oxygen atoms in total. The molecule has 4 heterocycles. The van der Waals surface area contributed by atoms with Crippen molar-refractivity contribution in [1.82, 2.24) is 19.7 Å². The van der Waals surface area contributed by atoms with Crippen LogP contribution in [0.15, 0.2) is 6.20 Å². The summed E-state index contributed by atoms with van der Waals surface area (Å²) in [6, 6.07) is 0.0882. The second-order valence-electron chi connectivity index (χ2n) is 6.79. The minimum Gasteiger partial charge on any atom is -0.475 e. The zero-order valence-electron chi connectivity index (χ0n) is 15.3. The molecule has 4 rings (SSSR count). The predicted octanol–water partition coefficient (Wildman–Crippen LogP) is 3.29. The predicted molar refractivity (Wildman–Crippen MR) is 95.0 cm³/mol. The Labute approximate surface area is 159 Å². The van der Waals surface area contributed by atoms with Crippen molar-refractivity contribution in [2.75, 3.05) is 37.0 Å². The summed E-state index contributed by atoms with van der Waals surface area (Å²) in [4.78, 5) is 7.88. The van der Waals surface area contributed by atoms with Gasteiger partial charge in [-0.1, -0.05) is 0 Å². The van der Waals surface area contributed by atoms with Crippen LogP contribution in [0.25, 0.3) is 0 Å². The standard InChI is InChI=1S/C17H21F3N6O2/c1-10-13-15(25-26(10)11-4-2-6-27-9-11)28-7-3-5-21-14-12(17(18,19)20)8-22-16(23-13)24-14/h8,11H,2-7,9H2,1H3,(H2,21,22,23,24). The lowest BCUT2D eigenvalue weighted by atomic mass is 10.1. The maximum Gasteiger partial charge on any atom is 0.421 e. The molecule has 0 radical (unpaired) electrons. The summed E-state index contributed by atoms with van der Waals surface area (Å²) >= 11 is 0. The molecule has 2 N–H and O–H groups in total. The van der Waals surface area contributed by atoms with E-state index in [1.165, 1.54) is 0 Å². The summed E-state index contributed by atoms with van der Waals surface area (Å²) < 4.78 is 52.8. The van der Waals surface area contributed by atoms with Crippen LogP contribution in [0.5, 0.6) is 5.88 Å². The van der Waals surface area contributed by atoms with Gasteiger partial charge in [0, 0.05) is 19.3 Å². The first-order valence-electron chi connectivity index (χ1n) is 9.18. The van der Waals surface area contributed by atoms with E-state index in [1.54, 1.807) is 0 Å². The Hall–Kier alpha value is -2.56. The van der Waals surface area contributed by atoms with Crippen molar-refractivity contribution in [3.8, 4) is 5.88 Å². The van der Waals surface area contributed by atoms with E-state index < -0.39 is 11.7 Å². The fourth-order valence-corrected chi connectivity index (χ4v) is 3.35. The highest BCUT2D eigenvalue weighted by atomic mass is 19.4. The molecule has 0 aliphatic carbocycles. The smallest absolute Gasteiger partial charge is 0.421 e. The van der Waals surface area contributed by atoms with Crippen LogP contribution in [-0.2, 0) is 10.9 Å². The van der Waals surface area contributed by atoms with Crippen molar-refractivity contribution < 1.29 is 22.6 Å². The van der Waals surface area contributed by atoms with Crippen molar-refractivity contribution in [3.05, 3.63) is 17.5 Å². The van der Waals surface area contributed by atoms with E-state index >= 15 is 0 Å². The minimum atomic E-state index is -4.54. The fraction of sp³-hybridized carbons (Fsp3) is 0.588. The van der Waals surface area contributed by atoms with Gasteiger partial charge in [0.25, 0.3) is 5.88 Å². The van der Waals surface area contributed by atoms with Gasteiger partial charge in [-0.2, -0.15) is 18.2 Å². The zero-order valence-corrected chi connectivity index (χ0v) is 15.3. The lowest BCUT2D eigenvalue weighted by Gasteiger charge is -2.23. The molecule has 1 saturated heterocycles. The van der Waals surface area contributed by atoms with Crippen LogP contribution in [-0.4, -0.2) is 46.1 Å². The molecule has 2 aromatic heterocycles. The molecule has 2 bridgehead atoms. The van der Waals surface area contributed by atoms with Crippen LogP contribution in [0.1, 0.15) is 36.6 Å². The number of ether oxygens (including phenoxy) is 2. The van der Waals surface area contributed by atoms with E-state index in [0.717, 1.165) is 31.3 Å². The molecule has 1 unspecified atom stereocenters. The second-order valence-corrected chi connectivity index (χ2v) is 6.79. The number of nitrogens with zero attached hydrogens (tertiary/aromatic N) is 4. The summed E-state index contributed by atoms with van der Waals surface area (Å²) in [6.45, 7) is 3.77. The van der Waals surface area contributed by atoms with Crippen molar-refractivity contribution in [1.29, 1.82) is 0 Å². The van der Waals surface area contributed by atoms with Crippen LogP contribution in [0.4, 0.5) is 30.6 Å². The normalized spacial score (nSPS) is 20.2. The van der Waals surface area contributed by atoms with Crippen LogP contribution < -0.4 is 15.4 Å². The van der Waals surface area contributed by atoms with Gasteiger partial charge in [0.2, 0.25) is 5.95 Å². The van der Waals surface area contributed by atoms with Gasteiger partial charge in [0.05, 0.1) is 24.9 Å². The van der Waals surface area contributed by atoms with E-state index in [2.05, 4.69) is 25.7 Å². The SMILES string of the molecule is Cc1c2c(nn1C1CCCOC1)OCCCNc1nc(ncc1C(F)(F)F)N2. The summed E-state index contributed by atoms with van der Waals surface area (Å²) in [5, 5.41) is 10.3. The molecule has 2 aromatic rings. The Morgan fingerprint density at radius 2 is 2.11 bits per heavy atom. The van der Waals surface area contributed by atoms with Gasteiger partial charge in [-0.25, -0.2) is 4.98 Å². The van der Waals surface area contributed by atoms with Crippen LogP contribution in [0.3, 0.4) is 0 Å². The highest BCUT2D eigenvalue weighted by Crippen LogP contribution is 2.36. The summed E-state index contributed by atoms with van der Waals surface area (Å²) in [5.41, 5.74) is 0.450. The molecule has 11 heteroatoms. The quantitative estimate of drug-likeness (QED) is 0.762. The molecular weight excluding hydrogens is 377 g/mol. The topological polar surface area (TPSA) is 86.1 Å². The largest absolute Gasteiger partial charge is 0.475 e. The number of nitrogens with one attached hydrogen (secondary N) is 2. The van der Waals surface area contributed by atoms with Crippen LogP contribution in [0, 0.1) is 6.92 Å². The molecule has 0 spiro atoms. The Balaban J connectivity index is 1.71. The number of hydrogen-bond acceptors (Lipinski definition) is 7. The van der Waals surface area contributed by atoms with Gasteiger partial charge in [-0.05, 0) is 26.2 Å². The van der Waals surface area contributed by atoms with Crippen molar-refractivity contribution in [2.45, 2.75) is 38.4 Å².